The van der Waals surface area contributed by atoms with E-state index in [1.54, 1.807) is 11.3 Å². The zero-order valence-corrected chi connectivity index (χ0v) is 19.2. The highest BCUT2D eigenvalue weighted by atomic mass is 32.2. The molecule has 0 saturated carbocycles. The Morgan fingerprint density at radius 3 is 2.72 bits per heavy atom. The molecule has 8 nitrogen and oxygen atoms in total. The lowest BCUT2D eigenvalue weighted by Gasteiger charge is -2.10. The van der Waals surface area contributed by atoms with Gasteiger partial charge in [-0.1, -0.05) is 30.5 Å². The summed E-state index contributed by atoms with van der Waals surface area (Å²) in [6.07, 6.45) is 1.57. The summed E-state index contributed by atoms with van der Waals surface area (Å²) in [5, 5.41) is 12.6. The average molecular weight is 491 g/mol. The molecule has 166 valence electrons. The molecule has 0 bridgehead atoms. The molecular formula is C21H18N2O6S3. The molecule has 4 rings (SSSR count). The van der Waals surface area contributed by atoms with Crippen LogP contribution >= 0.6 is 23.4 Å². The highest BCUT2D eigenvalue weighted by Crippen LogP contribution is 2.32. The van der Waals surface area contributed by atoms with Crippen molar-refractivity contribution in [2.24, 2.45) is 4.99 Å². The van der Waals surface area contributed by atoms with Crippen molar-refractivity contribution >= 4 is 49.4 Å². The fourth-order valence-corrected chi connectivity index (χ4v) is 5.25. The highest BCUT2D eigenvalue weighted by Gasteiger charge is 2.17. The Morgan fingerprint density at radius 2 is 1.97 bits per heavy atom. The Bertz CT molecular complexity index is 1420. The molecule has 0 atom stereocenters. The first-order chi connectivity index (χ1) is 15.4. The number of fused-ring (bicyclic) bond motifs is 2. The van der Waals surface area contributed by atoms with E-state index in [9.17, 15) is 13.0 Å². The van der Waals surface area contributed by atoms with E-state index in [4.69, 9.17) is 10.2 Å². The first kappa shape index (κ1) is 22.8. The van der Waals surface area contributed by atoms with Crippen molar-refractivity contribution < 1.29 is 27.6 Å². The molecule has 32 heavy (non-hydrogen) atoms. The SMILES string of the molecule is CCCc1cc2nc3ccccc3sc-2cc1=Nc1cc(SOOO)ccc1S(=O)(=O)O. The van der Waals surface area contributed by atoms with E-state index in [0.717, 1.165) is 32.8 Å². The number of para-hydroxylation sites is 1. The lowest BCUT2D eigenvalue weighted by Crippen LogP contribution is -2.11. The van der Waals surface area contributed by atoms with Crippen LogP contribution in [0, 0.1) is 0 Å². The average Bonchev–Trinajstić information content (AvgIpc) is 2.76. The quantitative estimate of drug-likeness (QED) is 0.118. The van der Waals surface area contributed by atoms with Crippen LogP contribution in [-0.2, 0) is 25.9 Å². The van der Waals surface area contributed by atoms with E-state index < -0.39 is 10.1 Å². The molecule has 0 unspecified atom stereocenters. The van der Waals surface area contributed by atoms with Crippen molar-refractivity contribution in [3.05, 3.63) is 65.5 Å². The van der Waals surface area contributed by atoms with Crippen LogP contribution in [0.15, 0.2) is 69.4 Å². The van der Waals surface area contributed by atoms with Crippen molar-refractivity contribution in [2.75, 3.05) is 0 Å². The normalized spacial score (nSPS) is 12.7. The fourth-order valence-electron chi connectivity index (χ4n) is 3.27. The maximum absolute atomic E-state index is 11.9. The summed E-state index contributed by atoms with van der Waals surface area (Å²) < 4.78 is 39.0. The van der Waals surface area contributed by atoms with Gasteiger partial charge in [0.15, 0.2) is 0 Å². The minimum Gasteiger partial charge on any atom is -0.282 e. The van der Waals surface area contributed by atoms with Gasteiger partial charge in [-0.05, 0) is 54.4 Å². The molecule has 2 aromatic carbocycles. The van der Waals surface area contributed by atoms with E-state index in [0.29, 0.717) is 28.7 Å². The Morgan fingerprint density at radius 1 is 1.16 bits per heavy atom. The van der Waals surface area contributed by atoms with Gasteiger partial charge in [0.1, 0.15) is 4.90 Å². The summed E-state index contributed by atoms with van der Waals surface area (Å²) >= 11 is 2.23. The molecular weight excluding hydrogens is 472 g/mol. The maximum atomic E-state index is 11.9. The van der Waals surface area contributed by atoms with Crippen molar-refractivity contribution in [3.8, 4) is 10.6 Å². The zero-order chi connectivity index (χ0) is 22.7. The predicted molar refractivity (Wildman–Crippen MR) is 122 cm³/mol. The van der Waals surface area contributed by atoms with Crippen LogP contribution in [0.1, 0.15) is 18.9 Å². The van der Waals surface area contributed by atoms with Crippen LogP contribution in [-0.4, -0.2) is 23.2 Å². The predicted octanol–water partition coefficient (Wildman–Crippen LogP) is 5.26. The highest BCUT2D eigenvalue weighted by molar-refractivity contribution is 7.94. The lowest BCUT2D eigenvalue weighted by atomic mass is 10.1. The Balaban J connectivity index is 1.96. The second-order valence-electron chi connectivity index (χ2n) is 6.82. The minimum atomic E-state index is -4.52. The summed E-state index contributed by atoms with van der Waals surface area (Å²) in [6, 6.07) is 15.7. The molecule has 0 fully saturated rings. The van der Waals surface area contributed by atoms with Gasteiger partial charge >= 0.3 is 0 Å². The summed E-state index contributed by atoms with van der Waals surface area (Å²) in [5.41, 5.74) is 2.68. The van der Waals surface area contributed by atoms with Crippen molar-refractivity contribution in [1.82, 2.24) is 4.98 Å². The van der Waals surface area contributed by atoms with Crippen molar-refractivity contribution in [2.45, 2.75) is 29.6 Å². The number of nitrogens with zero attached hydrogens (tertiary/aromatic N) is 2. The van der Waals surface area contributed by atoms with Crippen LogP contribution in [0.3, 0.4) is 0 Å². The smallest absolute Gasteiger partial charge is 0.282 e. The number of aryl methyl sites for hydroxylation is 1. The number of rotatable bonds is 7. The van der Waals surface area contributed by atoms with Gasteiger partial charge in [-0.3, -0.25) is 4.55 Å². The summed E-state index contributed by atoms with van der Waals surface area (Å²) in [4.78, 5) is 10.3. The summed E-state index contributed by atoms with van der Waals surface area (Å²) in [7, 11) is -4.52. The van der Waals surface area contributed by atoms with Gasteiger partial charge < -0.3 is 0 Å². The number of benzene rings is 3. The number of hydrogen-bond acceptors (Lipinski definition) is 9. The number of hydrogen-bond donors (Lipinski definition) is 2. The fraction of sp³-hybridized carbons (Fsp3) is 0.143. The van der Waals surface area contributed by atoms with Crippen LogP contribution < -0.4 is 5.36 Å². The first-order valence-corrected chi connectivity index (χ1v) is 12.5. The second kappa shape index (κ2) is 9.63. The van der Waals surface area contributed by atoms with E-state index in [1.807, 2.05) is 43.3 Å². The standard InChI is InChI=1S/C21H18N2O6S3/c1-2-5-13-10-17-20(30-19-7-4-3-6-15(19)22-17)12-16(13)23-18-11-14(31-29-28-24)8-9-21(18)32(25,26)27/h3-4,6-12,24H,2,5H2,1H3,(H,25,26,27). The van der Waals surface area contributed by atoms with Gasteiger partial charge in [0, 0.05) is 4.90 Å². The van der Waals surface area contributed by atoms with Crippen molar-refractivity contribution in [1.29, 1.82) is 0 Å². The molecule has 2 aromatic rings. The largest absolute Gasteiger partial charge is 0.296 e. The third-order valence-corrected chi connectivity index (χ3v) is 7.20. The number of aromatic nitrogens is 1. The third-order valence-electron chi connectivity index (χ3n) is 4.62. The molecule has 0 aromatic heterocycles. The molecule has 0 radical (unpaired) electrons. The van der Waals surface area contributed by atoms with E-state index in [-0.39, 0.29) is 10.6 Å². The molecule has 1 aliphatic heterocycles. The lowest BCUT2D eigenvalue weighted by molar-refractivity contribution is -0.432. The molecule has 2 N–H and O–H groups in total. The van der Waals surface area contributed by atoms with E-state index in [2.05, 4.69) is 14.4 Å². The third kappa shape index (κ3) is 4.99. The topological polar surface area (TPSA) is 118 Å². The second-order valence-corrected chi connectivity index (χ2v) is 10.1. The minimum absolute atomic E-state index is 0.0366. The van der Waals surface area contributed by atoms with Crippen molar-refractivity contribution in [3.63, 3.8) is 0 Å². The summed E-state index contributed by atoms with van der Waals surface area (Å²) in [6.45, 7) is 2.04. The Hall–Kier alpha value is -2.38. The zero-order valence-electron chi connectivity index (χ0n) is 16.8. The van der Waals surface area contributed by atoms with Crippen LogP contribution in [0.5, 0.6) is 0 Å². The molecule has 2 aliphatic rings. The monoisotopic (exact) mass is 490 g/mol. The summed E-state index contributed by atoms with van der Waals surface area (Å²) in [5.74, 6) is 0. The van der Waals surface area contributed by atoms with Gasteiger partial charge in [0.2, 0.25) is 0 Å². The molecule has 11 heteroatoms. The van der Waals surface area contributed by atoms with Gasteiger partial charge in [-0.2, -0.15) is 8.42 Å². The van der Waals surface area contributed by atoms with Gasteiger partial charge in [-0.25, -0.2) is 15.2 Å². The molecule has 1 aliphatic carbocycles. The molecule has 0 amide bonds. The Kier molecular flexibility index (Phi) is 6.86. The Labute approximate surface area is 192 Å². The van der Waals surface area contributed by atoms with Crippen LogP contribution in [0.2, 0.25) is 0 Å². The van der Waals surface area contributed by atoms with Crippen LogP contribution in [0.4, 0.5) is 5.69 Å². The van der Waals surface area contributed by atoms with Gasteiger partial charge in [-0.15, -0.1) is 15.7 Å². The van der Waals surface area contributed by atoms with E-state index in [1.165, 1.54) is 18.2 Å². The van der Waals surface area contributed by atoms with Gasteiger partial charge in [0.05, 0.1) is 43.9 Å². The first-order valence-electron chi connectivity index (χ1n) is 9.52. The molecule has 1 heterocycles. The van der Waals surface area contributed by atoms with Crippen LogP contribution in [0.25, 0.3) is 20.8 Å². The van der Waals surface area contributed by atoms with Gasteiger partial charge in [0.25, 0.3) is 10.1 Å². The molecule has 0 saturated heterocycles. The van der Waals surface area contributed by atoms with E-state index >= 15 is 0 Å². The molecule has 0 spiro atoms. The maximum Gasteiger partial charge on any atom is 0.296 e.